The summed E-state index contributed by atoms with van der Waals surface area (Å²) in [6.45, 7) is 10.1. The summed E-state index contributed by atoms with van der Waals surface area (Å²) < 4.78 is 7.26. The molecule has 4 aromatic rings. The van der Waals surface area contributed by atoms with E-state index >= 15 is 0 Å². The van der Waals surface area contributed by atoms with Crippen molar-refractivity contribution in [2.75, 3.05) is 0 Å². The average molecular weight is 448 g/mol. The highest BCUT2D eigenvalue weighted by Gasteiger charge is 2.19. The van der Waals surface area contributed by atoms with Crippen molar-refractivity contribution in [2.24, 2.45) is 0 Å². The fourth-order valence-corrected chi connectivity index (χ4v) is 4.68. The van der Waals surface area contributed by atoms with Crippen LogP contribution in [0.5, 0.6) is 0 Å². The predicted octanol–water partition coefficient (Wildman–Crippen LogP) is 4.94. The third-order valence-corrected chi connectivity index (χ3v) is 6.35. The van der Waals surface area contributed by atoms with E-state index in [-0.39, 0.29) is 6.61 Å². The number of nitrogens with zero attached hydrogens (tertiary/aromatic N) is 5. The van der Waals surface area contributed by atoms with Crippen LogP contribution in [-0.2, 0) is 17.8 Å². The van der Waals surface area contributed by atoms with Crippen LogP contribution in [0.3, 0.4) is 0 Å². The Morgan fingerprint density at radius 1 is 1.09 bits per heavy atom. The number of carbonyl (C=O) groups excluding carboxylic acids is 1. The second-order valence-electron chi connectivity index (χ2n) is 7.80. The molecule has 4 rings (SSSR count). The molecule has 0 unspecified atom stereocenters. The predicted molar refractivity (Wildman–Crippen MR) is 124 cm³/mol. The standard InChI is InChI=1S/C24H25N5O2S/c1-6-19-11-18(7-8-25-19)23-26-17(5)22(32-23)24(30)31-13-20-12-29(28-27-20)21-15(3)9-14(2)10-16(21)4/h7-12H,6,13H2,1-5H3. The number of pyridine rings is 1. The smallest absolute Gasteiger partial charge is 0.350 e. The molecule has 0 N–H and O–H groups in total. The number of carbonyl (C=O) groups is 1. The van der Waals surface area contributed by atoms with Crippen LogP contribution in [0.1, 0.15) is 50.4 Å². The molecule has 8 heteroatoms. The number of thiazole rings is 1. The molecule has 1 aromatic carbocycles. The molecule has 0 aliphatic rings. The zero-order valence-electron chi connectivity index (χ0n) is 18.8. The summed E-state index contributed by atoms with van der Waals surface area (Å²) >= 11 is 1.33. The Labute approximate surface area is 191 Å². The largest absolute Gasteiger partial charge is 0.455 e. The van der Waals surface area contributed by atoms with Crippen molar-refractivity contribution in [2.45, 2.75) is 47.6 Å². The van der Waals surface area contributed by atoms with Crippen LogP contribution >= 0.6 is 11.3 Å². The molecule has 0 bridgehead atoms. The molecule has 0 saturated heterocycles. The molecule has 0 spiro atoms. The zero-order valence-corrected chi connectivity index (χ0v) is 19.7. The monoisotopic (exact) mass is 447 g/mol. The minimum atomic E-state index is -0.409. The van der Waals surface area contributed by atoms with Gasteiger partial charge in [0.2, 0.25) is 0 Å². The van der Waals surface area contributed by atoms with Gasteiger partial charge in [0.1, 0.15) is 22.2 Å². The fraction of sp³-hybridized carbons (Fsp3) is 0.292. The van der Waals surface area contributed by atoms with E-state index in [4.69, 9.17) is 4.74 Å². The molecule has 0 fully saturated rings. The molecule has 0 atom stereocenters. The molecule has 3 heterocycles. The highest BCUT2D eigenvalue weighted by Crippen LogP contribution is 2.29. The third-order valence-electron chi connectivity index (χ3n) is 5.16. The summed E-state index contributed by atoms with van der Waals surface area (Å²) in [6, 6.07) is 8.13. The van der Waals surface area contributed by atoms with E-state index in [1.807, 2.05) is 32.9 Å². The minimum absolute atomic E-state index is 0.0463. The summed E-state index contributed by atoms with van der Waals surface area (Å²) in [5, 5.41) is 9.18. The first-order chi connectivity index (χ1) is 15.4. The van der Waals surface area contributed by atoms with Crippen LogP contribution in [0.4, 0.5) is 0 Å². The van der Waals surface area contributed by atoms with E-state index in [0.29, 0.717) is 16.3 Å². The van der Waals surface area contributed by atoms with Gasteiger partial charge in [0.05, 0.1) is 17.6 Å². The number of aromatic nitrogens is 5. The third kappa shape index (κ3) is 4.45. The van der Waals surface area contributed by atoms with Gasteiger partial charge in [-0.15, -0.1) is 16.4 Å². The van der Waals surface area contributed by atoms with E-state index in [1.165, 1.54) is 16.9 Å². The molecule has 0 amide bonds. The van der Waals surface area contributed by atoms with E-state index < -0.39 is 5.97 Å². The highest BCUT2D eigenvalue weighted by molar-refractivity contribution is 7.17. The number of hydrogen-bond donors (Lipinski definition) is 0. The lowest BCUT2D eigenvalue weighted by Crippen LogP contribution is -2.05. The van der Waals surface area contributed by atoms with Gasteiger partial charge in [-0.05, 0) is 57.4 Å². The number of aryl methyl sites for hydroxylation is 5. The number of rotatable bonds is 6. The topological polar surface area (TPSA) is 82.8 Å². The maximum Gasteiger partial charge on any atom is 0.350 e. The van der Waals surface area contributed by atoms with Gasteiger partial charge in [0, 0.05) is 17.5 Å². The van der Waals surface area contributed by atoms with Crippen molar-refractivity contribution < 1.29 is 9.53 Å². The van der Waals surface area contributed by atoms with Crippen molar-refractivity contribution in [3.8, 4) is 16.3 Å². The Hall–Kier alpha value is -3.39. The maximum atomic E-state index is 12.7. The first-order valence-corrected chi connectivity index (χ1v) is 11.3. The Bertz CT molecular complexity index is 1270. The molecule has 0 aliphatic carbocycles. The van der Waals surface area contributed by atoms with E-state index in [0.717, 1.165) is 39.5 Å². The number of esters is 1. The Kier molecular flexibility index (Phi) is 6.14. The molecule has 164 valence electrons. The van der Waals surface area contributed by atoms with Gasteiger partial charge in [-0.2, -0.15) is 0 Å². The van der Waals surface area contributed by atoms with Gasteiger partial charge in [0.15, 0.2) is 0 Å². The fourth-order valence-electron chi connectivity index (χ4n) is 3.73. The molecule has 3 aromatic heterocycles. The second kappa shape index (κ2) is 9.00. The van der Waals surface area contributed by atoms with Crippen molar-refractivity contribution in [3.63, 3.8) is 0 Å². The van der Waals surface area contributed by atoms with E-state index in [2.05, 4.69) is 46.3 Å². The van der Waals surface area contributed by atoms with Crippen LogP contribution in [0, 0.1) is 27.7 Å². The molecule has 0 radical (unpaired) electrons. The second-order valence-corrected chi connectivity index (χ2v) is 8.80. The van der Waals surface area contributed by atoms with Crippen molar-refractivity contribution in [1.82, 2.24) is 25.0 Å². The highest BCUT2D eigenvalue weighted by atomic mass is 32.1. The van der Waals surface area contributed by atoms with Gasteiger partial charge >= 0.3 is 5.97 Å². The van der Waals surface area contributed by atoms with Gasteiger partial charge in [0.25, 0.3) is 0 Å². The number of hydrogen-bond acceptors (Lipinski definition) is 7. The Morgan fingerprint density at radius 2 is 1.84 bits per heavy atom. The first kappa shape index (κ1) is 21.8. The summed E-state index contributed by atoms with van der Waals surface area (Å²) in [7, 11) is 0. The maximum absolute atomic E-state index is 12.7. The van der Waals surface area contributed by atoms with E-state index in [1.54, 1.807) is 17.1 Å². The number of ether oxygens (including phenoxy) is 1. The van der Waals surface area contributed by atoms with Crippen molar-refractivity contribution >= 4 is 17.3 Å². The molecule has 7 nitrogen and oxygen atoms in total. The van der Waals surface area contributed by atoms with E-state index in [9.17, 15) is 4.79 Å². The summed E-state index contributed by atoms with van der Waals surface area (Å²) in [5.41, 5.74) is 7.61. The average Bonchev–Trinajstić information content (AvgIpc) is 3.38. The normalized spacial score (nSPS) is 11.0. The Morgan fingerprint density at radius 3 is 2.56 bits per heavy atom. The van der Waals surface area contributed by atoms with Crippen LogP contribution < -0.4 is 0 Å². The van der Waals surface area contributed by atoms with Crippen LogP contribution in [0.25, 0.3) is 16.3 Å². The molecular weight excluding hydrogens is 422 g/mol. The summed E-state index contributed by atoms with van der Waals surface area (Å²) in [5.74, 6) is -0.409. The lowest BCUT2D eigenvalue weighted by molar-refractivity contribution is 0.0472. The van der Waals surface area contributed by atoms with Crippen LogP contribution in [-0.4, -0.2) is 30.9 Å². The van der Waals surface area contributed by atoms with Gasteiger partial charge in [-0.1, -0.05) is 29.8 Å². The van der Waals surface area contributed by atoms with Gasteiger partial charge in [-0.25, -0.2) is 14.5 Å². The summed E-state index contributed by atoms with van der Waals surface area (Å²) in [6.07, 6.45) is 4.41. The van der Waals surface area contributed by atoms with Crippen molar-refractivity contribution in [3.05, 3.63) is 75.3 Å². The van der Waals surface area contributed by atoms with Gasteiger partial charge < -0.3 is 4.74 Å². The van der Waals surface area contributed by atoms with Crippen LogP contribution in [0.2, 0.25) is 0 Å². The zero-order chi connectivity index (χ0) is 22.8. The molecule has 32 heavy (non-hydrogen) atoms. The van der Waals surface area contributed by atoms with Crippen LogP contribution in [0.15, 0.2) is 36.7 Å². The molecule has 0 aliphatic heterocycles. The van der Waals surface area contributed by atoms with Gasteiger partial charge in [-0.3, -0.25) is 4.98 Å². The lowest BCUT2D eigenvalue weighted by Gasteiger charge is -2.10. The molecular formula is C24H25N5O2S. The first-order valence-electron chi connectivity index (χ1n) is 10.4. The number of benzene rings is 1. The van der Waals surface area contributed by atoms with Crippen molar-refractivity contribution in [1.29, 1.82) is 0 Å². The quantitative estimate of drug-likeness (QED) is 0.389. The lowest BCUT2D eigenvalue weighted by atomic mass is 10.1. The SMILES string of the molecule is CCc1cc(-c2nc(C)c(C(=O)OCc3cn(-c4c(C)cc(C)cc4C)nn3)s2)ccn1. The Balaban J connectivity index is 1.48. The molecule has 0 saturated carbocycles. The summed E-state index contributed by atoms with van der Waals surface area (Å²) in [4.78, 5) is 22.1. The minimum Gasteiger partial charge on any atom is -0.455 e.